The van der Waals surface area contributed by atoms with Crippen molar-refractivity contribution >= 4 is 5.97 Å². The summed E-state index contributed by atoms with van der Waals surface area (Å²) in [6.45, 7) is 4.58. The summed E-state index contributed by atoms with van der Waals surface area (Å²) in [7, 11) is 1.84. The number of rotatable bonds is 8. The third kappa shape index (κ3) is 5.21. The van der Waals surface area contributed by atoms with E-state index in [4.69, 9.17) is 4.74 Å². The van der Waals surface area contributed by atoms with E-state index in [1.54, 1.807) is 9.36 Å². The summed E-state index contributed by atoms with van der Waals surface area (Å²) >= 11 is 0. The van der Waals surface area contributed by atoms with Crippen molar-refractivity contribution < 1.29 is 14.6 Å². The fourth-order valence-electron chi connectivity index (χ4n) is 6.53. The monoisotopic (exact) mass is 574 g/mol. The molecular weight excluding hydrogens is 540 g/mol. The molecule has 3 heterocycles. The van der Waals surface area contributed by atoms with Crippen LogP contribution in [-0.2, 0) is 13.6 Å². The van der Waals surface area contributed by atoms with E-state index in [1.165, 1.54) is 17.3 Å². The second kappa shape index (κ2) is 11.1. The smallest absolute Gasteiger partial charge is 0.339 e. The van der Waals surface area contributed by atoms with Gasteiger partial charge in [-0.3, -0.25) is 9.58 Å². The van der Waals surface area contributed by atoms with Gasteiger partial charge >= 0.3 is 5.97 Å². The van der Waals surface area contributed by atoms with Crippen LogP contribution in [0.5, 0.6) is 5.75 Å². The summed E-state index contributed by atoms with van der Waals surface area (Å²) in [6.07, 6.45) is 5.19. The first-order valence-electron chi connectivity index (χ1n) is 14.8. The highest BCUT2D eigenvalue weighted by Gasteiger charge is 2.46. The van der Waals surface area contributed by atoms with Gasteiger partial charge in [-0.1, -0.05) is 60.7 Å². The number of nitrogens with zero attached hydrogens (tertiary/aromatic N) is 6. The Morgan fingerprint density at radius 2 is 1.84 bits per heavy atom. The summed E-state index contributed by atoms with van der Waals surface area (Å²) in [5.41, 5.74) is 7.30. The highest BCUT2D eigenvalue weighted by molar-refractivity contribution is 5.89. The summed E-state index contributed by atoms with van der Waals surface area (Å²) in [6, 6.07) is 25.5. The molecule has 3 atom stereocenters. The van der Waals surface area contributed by atoms with Gasteiger partial charge in [0.05, 0.1) is 23.3 Å². The molecule has 1 aliphatic heterocycles. The Bertz CT molecular complexity index is 1790. The van der Waals surface area contributed by atoms with Gasteiger partial charge < -0.3 is 9.84 Å². The zero-order valence-electron chi connectivity index (χ0n) is 24.3. The van der Waals surface area contributed by atoms with Gasteiger partial charge in [0.1, 0.15) is 17.9 Å². The molecule has 2 aromatic heterocycles. The lowest BCUT2D eigenvalue weighted by molar-refractivity contribution is 0.0695. The molecule has 0 radical (unpaired) electrons. The first-order chi connectivity index (χ1) is 21.0. The van der Waals surface area contributed by atoms with Crippen molar-refractivity contribution in [2.45, 2.75) is 44.2 Å². The van der Waals surface area contributed by atoms with Crippen molar-refractivity contribution in [3.05, 3.63) is 113 Å². The predicted octanol–water partition coefficient (Wildman–Crippen LogP) is 5.98. The standard InChI is InChI=1S/C34H34N6O3/c1-3-31-26-12-4-5-13-32(26)43-15-14-39(31)20-22-8-6-9-23(16-22)24-10-7-11-25(17-24)40-33(29(19-35-40)34(41)42)28-18-27(28)30-21-38(2)37-36-30/h4-13,16-17,19,21,27-28,31H,3,14-15,18,20H2,1-2H3,(H,41,42)/t27-,28-,31+/m1/s1. The highest BCUT2D eigenvalue weighted by atomic mass is 16.5. The molecule has 0 saturated heterocycles. The van der Waals surface area contributed by atoms with Crippen LogP contribution < -0.4 is 4.74 Å². The van der Waals surface area contributed by atoms with E-state index < -0.39 is 5.97 Å². The Morgan fingerprint density at radius 1 is 1.02 bits per heavy atom. The van der Waals surface area contributed by atoms with Crippen molar-refractivity contribution in [2.24, 2.45) is 7.05 Å². The fraction of sp³-hybridized carbons (Fsp3) is 0.294. The topological polar surface area (TPSA) is 98.3 Å². The second-order valence-corrected chi connectivity index (χ2v) is 11.5. The lowest BCUT2D eigenvalue weighted by atomic mass is 9.99. The van der Waals surface area contributed by atoms with Crippen molar-refractivity contribution in [1.82, 2.24) is 29.7 Å². The van der Waals surface area contributed by atoms with Crippen molar-refractivity contribution in [2.75, 3.05) is 13.2 Å². The van der Waals surface area contributed by atoms with Gasteiger partial charge in [-0.2, -0.15) is 5.10 Å². The molecule has 9 heteroatoms. The largest absolute Gasteiger partial charge is 0.492 e. The van der Waals surface area contributed by atoms with Gasteiger partial charge in [0.15, 0.2) is 0 Å². The summed E-state index contributed by atoms with van der Waals surface area (Å²) in [5, 5.41) is 22.9. The number of benzene rings is 3. The van der Waals surface area contributed by atoms with Crippen LogP contribution in [-0.4, -0.2) is 53.9 Å². The van der Waals surface area contributed by atoms with E-state index in [0.29, 0.717) is 18.3 Å². The number of aromatic carboxylic acids is 1. The second-order valence-electron chi connectivity index (χ2n) is 11.5. The van der Waals surface area contributed by atoms with Gasteiger partial charge in [0, 0.05) is 49.8 Å². The number of hydrogen-bond acceptors (Lipinski definition) is 6. The number of aromatic nitrogens is 5. The van der Waals surface area contributed by atoms with Gasteiger partial charge in [-0.25, -0.2) is 9.48 Å². The summed E-state index contributed by atoms with van der Waals surface area (Å²) in [4.78, 5) is 14.7. The molecule has 7 rings (SSSR count). The molecule has 0 amide bonds. The van der Waals surface area contributed by atoms with Gasteiger partial charge in [-0.05, 0) is 53.8 Å². The molecule has 3 aromatic carbocycles. The number of carboxylic acid groups (broad SMARTS) is 1. The van der Waals surface area contributed by atoms with E-state index in [-0.39, 0.29) is 17.4 Å². The normalized spacial score (nSPS) is 19.8. The van der Waals surface area contributed by atoms with Crippen LogP contribution in [0, 0.1) is 0 Å². The molecule has 0 bridgehead atoms. The molecule has 2 aliphatic rings. The maximum absolute atomic E-state index is 12.2. The van der Waals surface area contributed by atoms with Crippen molar-refractivity contribution in [3.8, 4) is 22.6 Å². The molecule has 1 aliphatic carbocycles. The van der Waals surface area contributed by atoms with Gasteiger partial charge in [0.2, 0.25) is 0 Å². The summed E-state index contributed by atoms with van der Waals surface area (Å²) < 4.78 is 9.55. The average Bonchev–Trinajstić information content (AvgIpc) is 3.53. The lowest BCUT2D eigenvalue weighted by Crippen LogP contribution is -2.29. The maximum Gasteiger partial charge on any atom is 0.339 e. The first-order valence-corrected chi connectivity index (χ1v) is 14.8. The number of aryl methyl sites for hydroxylation is 1. The fourth-order valence-corrected chi connectivity index (χ4v) is 6.53. The van der Waals surface area contributed by atoms with E-state index in [2.05, 4.69) is 81.8 Å². The molecule has 1 fully saturated rings. The van der Waals surface area contributed by atoms with Gasteiger partial charge in [0.25, 0.3) is 0 Å². The van der Waals surface area contributed by atoms with E-state index >= 15 is 0 Å². The minimum Gasteiger partial charge on any atom is -0.492 e. The molecule has 5 aromatic rings. The molecule has 1 N–H and O–H groups in total. The minimum absolute atomic E-state index is 0.0199. The number of carbonyl (C=O) groups is 1. The molecule has 43 heavy (non-hydrogen) atoms. The molecule has 0 unspecified atom stereocenters. The molecule has 1 saturated carbocycles. The quantitative estimate of drug-likeness (QED) is 0.243. The Kier molecular flexibility index (Phi) is 7.02. The Hall–Kier alpha value is -4.76. The zero-order valence-corrected chi connectivity index (χ0v) is 24.3. The van der Waals surface area contributed by atoms with Crippen LogP contribution in [0.3, 0.4) is 0 Å². The lowest BCUT2D eigenvalue weighted by Gasteiger charge is -2.29. The van der Waals surface area contributed by atoms with Crippen LogP contribution in [0.2, 0.25) is 0 Å². The average molecular weight is 575 g/mol. The molecular formula is C34H34N6O3. The van der Waals surface area contributed by atoms with Crippen LogP contribution >= 0.6 is 0 Å². The van der Waals surface area contributed by atoms with E-state index in [1.807, 2.05) is 31.4 Å². The summed E-state index contributed by atoms with van der Waals surface area (Å²) in [5.74, 6) is 0.166. The van der Waals surface area contributed by atoms with E-state index in [0.717, 1.165) is 54.2 Å². The van der Waals surface area contributed by atoms with Crippen LogP contribution in [0.4, 0.5) is 0 Å². The van der Waals surface area contributed by atoms with Gasteiger partial charge in [-0.15, -0.1) is 5.10 Å². The third-order valence-corrected chi connectivity index (χ3v) is 8.66. The highest BCUT2D eigenvalue weighted by Crippen LogP contribution is 2.55. The Balaban J connectivity index is 1.17. The molecule has 9 nitrogen and oxygen atoms in total. The molecule has 0 spiro atoms. The Morgan fingerprint density at radius 3 is 2.63 bits per heavy atom. The molecule has 218 valence electrons. The number of fused-ring (bicyclic) bond motifs is 1. The number of para-hydroxylation sites is 1. The third-order valence-electron chi connectivity index (χ3n) is 8.66. The van der Waals surface area contributed by atoms with E-state index in [9.17, 15) is 9.90 Å². The zero-order chi connectivity index (χ0) is 29.5. The minimum atomic E-state index is -0.971. The maximum atomic E-state index is 12.2. The SMILES string of the molecule is CC[C@H]1c2ccccc2OCCN1Cc1cccc(-c2cccc(-n3ncc(C(=O)O)c3[C@@H]3C[C@H]3c3cn(C)nn3)c2)c1. The number of ether oxygens (including phenoxy) is 1. The number of carboxylic acids is 1. The Labute approximate surface area is 250 Å². The number of hydrogen-bond donors (Lipinski definition) is 1. The van der Waals surface area contributed by atoms with Crippen LogP contribution in [0.1, 0.15) is 70.5 Å². The van der Waals surface area contributed by atoms with Crippen LogP contribution in [0.25, 0.3) is 16.8 Å². The van der Waals surface area contributed by atoms with Crippen LogP contribution in [0.15, 0.2) is 85.2 Å². The van der Waals surface area contributed by atoms with Crippen molar-refractivity contribution in [1.29, 1.82) is 0 Å². The first kappa shape index (κ1) is 27.1. The predicted molar refractivity (Wildman–Crippen MR) is 162 cm³/mol. The van der Waals surface area contributed by atoms with Crippen molar-refractivity contribution in [3.63, 3.8) is 0 Å².